The van der Waals surface area contributed by atoms with Crippen molar-refractivity contribution >= 4 is 23.1 Å². The van der Waals surface area contributed by atoms with Crippen molar-refractivity contribution in [3.05, 3.63) is 83.0 Å². The Bertz CT molecular complexity index is 1440. The second kappa shape index (κ2) is 9.84. The molecular weight excluding hydrogens is 448 g/mol. The highest BCUT2D eigenvalue weighted by Crippen LogP contribution is 2.34. The third kappa shape index (κ3) is 4.56. The summed E-state index contributed by atoms with van der Waals surface area (Å²) >= 11 is 0. The van der Waals surface area contributed by atoms with Crippen molar-refractivity contribution in [3.63, 3.8) is 0 Å². The zero-order valence-corrected chi connectivity index (χ0v) is 20.6. The molecule has 0 spiro atoms. The first-order valence-corrected chi connectivity index (χ1v) is 12.4. The van der Waals surface area contributed by atoms with E-state index in [1.165, 1.54) is 0 Å². The minimum Gasteiger partial charge on any atom is -0.349 e. The summed E-state index contributed by atoms with van der Waals surface area (Å²) in [4.78, 5) is 18.3. The number of anilines is 2. The number of carbonyl (C=O) groups excluding carboxylic acids is 1. The molecule has 0 saturated heterocycles. The number of carbonyl (C=O) groups is 1. The van der Waals surface area contributed by atoms with Crippen LogP contribution in [0.5, 0.6) is 0 Å². The van der Waals surface area contributed by atoms with Crippen LogP contribution in [0.3, 0.4) is 0 Å². The molecule has 2 aromatic carbocycles. The van der Waals surface area contributed by atoms with Crippen LogP contribution in [-0.4, -0.2) is 27.4 Å². The van der Waals surface area contributed by atoms with Gasteiger partial charge in [-0.25, -0.2) is 4.98 Å². The molecule has 0 radical (unpaired) electrons. The summed E-state index contributed by atoms with van der Waals surface area (Å²) in [6.07, 6.45) is 5.54. The van der Waals surface area contributed by atoms with E-state index in [-0.39, 0.29) is 18.0 Å². The molecule has 7 nitrogen and oxygen atoms in total. The lowest BCUT2D eigenvalue weighted by molar-refractivity contribution is 0.0927. The smallest absolute Gasteiger partial charge is 0.255 e. The summed E-state index contributed by atoms with van der Waals surface area (Å²) in [5, 5.41) is 16.0. The fraction of sp³-hybridized carbons (Fsp3) is 0.276. The van der Waals surface area contributed by atoms with Gasteiger partial charge in [0.15, 0.2) is 5.65 Å². The van der Waals surface area contributed by atoms with Crippen molar-refractivity contribution in [3.8, 4) is 17.3 Å². The van der Waals surface area contributed by atoms with Crippen LogP contribution in [0.15, 0.2) is 60.8 Å². The fourth-order valence-electron chi connectivity index (χ4n) is 4.92. The minimum atomic E-state index is -0.129. The summed E-state index contributed by atoms with van der Waals surface area (Å²) in [5.74, 6) is 0.640. The van der Waals surface area contributed by atoms with Gasteiger partial charge in [-0.3, -0.25) is 9.20 Å². The van der Waals surface area contributed by atoms with Crippen molar-refractivity contribution < 1.29 is 4.79 Å². The molecule has 0 aliphatic heterocycles. The molecule has 1 fully saturated rings. The van der Waals surface area contributed by atoms with Gasteiger partial charge in [0.25, 0.3) is 5.91 Å². The number of amides is 1. The maximum absolute atomic E-state index is 13.4. The van der Waals surface area contributed by atoms with Gasteiger partial charge in [0.2, 0.25) is 0 Å². The molecule has 1 aliphatic rings. The highest BCUT2D eigenvalue weighted by atomic mass is 16.1. The van der Waals surface area contributed by atoms with Crippen LogP contribution >= 0.6 is 0 Å². The number of para-hydroxylation sites is 1. The van der Waals surface area contributed by atoms with Gasteiger partial charge in [-0.15, -0.1) is 0 Å². The molecule has 1 saturated carbocycles. The van der Waals surface area contributed by atoms with Gasteiger partial charge in [-0.1, -0.05) is 30.3 Å². The van der Waals surface area contributed by atoms with Crippen LogP contribution in [-0.2, 0) is 0 Å². The Balaban J connectivity index is 1.60. The first-order chi connectivity index (χ1) is 17.4. The van der Waals surface area contributed by atoms with Gasteiger partial charge in [-0.2, -0.15) is 5.26 Å². The number of nitriles is 1. The maximum atomic E-state index is 13.4. The molecule has 182 valence electrons. The van der Waals surface area contributed by atoms with Crippen LogP contribution in [0, 0.1) is 25.2 Å². The number of benzene rings is 2. The molecule has 0 unspecified atom stereocenters. The van der Waals surface area contributed by atoms with Crippen LogP contribution in [0.1, 0.15) is 52.7 Å². The number of imidazole rings is 1. The van der Waals surface area contributed by atoms with E-state index in [9.17, 15) is 10.1 Å². The van der Waals surface area contributed by atoms with Crippen molar-refractivity contribution in [2.75, 3.05) is 5.32 Å². The Kier molecular flexibility index (Phi) is 6.45. The Hall–Kier alpha value is -4.15. The molecule has 0 bridgehead atoms. The first-order valence-electron chi connectivity index (χ1n) is 12.4. The molecule has 1 aliphatic carbocycles. The van der Waals surface area contributed by atoms with Gasteiger partial charge in [0.1, 0.15) is 11.5 Å². The number of fused-ring (bicyclic) bond motifs is 1. The highest BCUT2D eigenvalue weighted by molar-refractivity contribution is 6.01. The summed E-state index contributed by atoms with van der Waals surface area (Å²) in [6, 6.07) is 19.7. The van der Waals surface area contributed by atoms with E-state index in [1.807, 2.05) is 40.9 Å². The minimum absolute atomic E-state index is 0.123. The Labute approximate surface area is 211 Å². The predicted molar refractivity (Wildman–Crippen MR) is 142 cm³/mol. The number of pyridine rings is 1. The topological polar surface area (TPSA) is 108 Å². The third-order valence-electron chi connectivity index (χ3n) is 7.01. The molecule has 5 rings (SSSR count). The molecular formula is C29H30N6O. The number of rotatable bonds is 5. The van der Waals surface area contributed by atoms with Crippen LogP contribution in [0.2, 0.25) is 0 Å². The molecule has 2 heterocycles. The van der Waals surface area contributed by atoms with Crippen LogP contribution in [0.25, 0.3) is 16.9 Å². The SMILES string of the molecule is Cc1cccc(C)c1Nc1c(-c2ccc(C#N)cc2)nc2c(C(=O)NC3CCC(N)CC3)cccn12. The van der Waals surface area contributed by atoms with E-state index >= 15 is 0 Å². The Morgan fingerprint density at radius 1 is 1.03 bits per heavy atom. The lowest BCUT2D eigenvalue weighted by Crippen LogP contribution is -2.40. The number of hydrogen-bond acceptors (Lipinski definition) is 5. The monoisotopic (exact) mass is 478 g/mol. The molecule has 36 heavy (non-hydrogen) atoms. The molecule has 0 atom stereocenters. The summed E-state index contributed by atoms with van der Waals surface area (Å²) in [7, 11) is 0. The lowest BCUT2D eigenvalue weighted by atomic mass is 9.91. The summed E-state index contributed by atoms with van der Waals surface area (Å²) in [6.45, 7) is 4.13. The van der Waals surface area contributed by atoms with Gasteiger partial charge in [-0.05, 0) is 74.9 Å². The number of aryl methyl sites for hydroxylation is 2. The van der Waals surface area contributed by atoms with E-state index < -0.39 is 0 Å². The van der Waals surface area contributed by atoms with E-state index in [1.54, 1.807) is 12.1 Å². The van der Waals surface area contributed by atoms with E-state index in [0.29, 0.717) is 22.5 Å². The maximum Gasteiger partial charge on any atom is 0.255 e. The van der Waals surface area contributed by atoms with Crippen molar-refractivity contribution in [2.45, 2.75) is 51.6 Å². The van der Waals surface area contributed by atoms with Gasteiger partial charge in [0, 0.05) is 29.5 Å². The second-order valence-electron chi connectivity index (χ2n) is 9.59. The number of nitrogens with two attached hydrogens (primary N) is 1. The number of nitrogens with one attached hydrogen (secondary N) is 2. The quantitative estimate of drug-likeness (QED) is 0.364. The normalized spacial score (nSPS) is 17.5. The molecule has 1 amide bonds. The largest absolute Gasteiger partial charge is 0.349 e. The molecule has 4 N–H and O–H groups in total. The first kappa shape index (κ1) is 23.6. The van der Waals surface area contributed by atoms with E-state index in [4.69, 9.17) is 10.7 Å². The lowest BCUT2D eigenvalue weighted by Gasteiger charge is -2.26. The van der Waals surface area contributed by atoms with Crippen molar-refractivity contribution in [1.29, 1.82) is 5.26 Å². The molecule has 2 aromatic heterocycles. The summed E-state index contributed by atoms with van der Waals surface area (Å²) < 4.78 is 1.94. The van der Waals surface area contributed by atoms with E-state index in [0.717, 1.165) is 53.9 Å². The third-order valence-corrected chi connectivity index (χ3v) is 7.01. The number of nitrogens with zero attached hydrogens (tertiary/aromatic N) is 3. The van der Waals surface area contributed by atoms with Crippen molar-refractivity contribution in [1.82, 2.24) is 14.7 Å². The van der Waals surface area contributed by atoms with Gasteiger partial charge < -0.3 is 16.4 Å². The zero-order valence-electron chi connectivity index (χ0n) is 20.6. The molecule has 4 aromatic rings. The zero-order chi connectivity index (χ0) is 25.2. The number of hydrogen-bond donors (Lipinski definition) is 3. The standard InChI is InChI=1S/C29H30N6O/c1-18-5-3-6-19(2)25(18)33-28-26(21-10-8-20(17-30)9-11-21)34-27-24(7-4-16-35(27)28)29(36)32-23-14-12-22(31)13-15-23/h3-11,16,22-23,33H,12-15,31H2,1-2H3,(H,32,36). The van der Waals surface area contributed by atoms with Crippen molar-refractivity contribution in [2.24, 2.45) is 5.73 Å². The number of aromatic nitrogens is 2. The fourth-order valence-corrected chi connectivity index (χ4v) is 4.92. The Morgan fingerprint density at radius 3 is 2.39 bits per heavy atom. The molecule has 7 heteroatoms. The summed E-state index contributed by atoms with van der Waals surface area (Å²) in [5.41, 5.74) is 12.5. The Morgan fingerprint density at radius 2 is 1.72 bits per heavy atom. The van der Waals surface area contributed by atoms with E-state index in [2.05, 4.69) is 42.7 Å². The second-order valence-corrected chi connectivity index (χ2v) is 9.59. The average Bonchev–Trinajstić information content (AvgIpc) is 3.26. The van der Waals surface area contributed by atoms with Crippen LogP contribution < -0.4 is 16.4 Å². The predicted octanol–water partition coefficient (Wildman–Crippen LogP) is 5.23. The highest BCUT2D eigenvalue weighted by Gasteiger charge is 2.24. The van der Waals surface area contributed by atoms with Gasteiger partial charge in [0.05, 0.1) is 17.2 Å². The average molecular weight is 479 g/mol. The van der Waals surface area contributed by atoms with Gasteiger partial charge >= 0.3 is 0 Å². The van der Waals surface area contributed by atoms with Crippen LogP contribution in [0.4, 0.5) is 11.5 Å².